The molecule has 11 heavy (non-hydrogen) atoms. The van der Waals surface area contributed by atoms with E-state index in [-0.39, 0.29) is 0 Å². The number of benzene rings is 1. The Balaban J connectivity index is 3.06. The Morgan fingerprint density at radius 1 is 1.27 bits per heavy atom. The van der Waals surface area contributed by atoms with Crippen molar-refractivity contribution in [3.63, 3.8) is 0 Å². The Kier molecular flexibility index (Phi) is 2.81. The molecule has 0 saturated heterocycles. The molecule has 0 bridgehead atoms. The summed E-state index contributed by atoms with van der Waals surface area (Å²) in [6.07, 6.45) is 0. The molecule has 0 aromatic heterocycles. The van der Waals surface area contributed by atoms with E-state index in [1.165, 1.54) is 0 Å². The van der Waals surface area contributed by atoms with Gasteiger partial charge in [0.25, 0.3) is 0 Å². The summed E-state index contributed by atoms with van der Waals surface area (Å²) >= 11 is 2.20. The Morgan fingerprint density at radius 2 is 2.00 bits per heavy atom. The van der Waals surface area contributed by atoms with E-state index >= 15 is 0 Å². The third-order valence-electron chi connectivity index (χ3n) is 1.45. The Morgan fingerprint density at radius 3 is 2.55 bits per heavy atom. The lowest BCUT2D eigenvalue weighted by Gasteiger charge is -2.09. The van der Waals surface area contributed by atoms with Crippen molar-refractivity contribution in [3.05, 3.63) is 23.8 Å². The fourth-order valence-corrected chi connectivity index (χ4v) is 1.06. The van der Waals surface area contributed by atoms with Crippen molar-refractivity contribution >= 4 is 16.6 Å². The Hall–Kier alpha value is -0.648. The van der Waals surface area contributed by atoms with Gasteiger partial charge in [-0.15, -0.1) is 0 Å². The molecule has 2 radical (unpaired) electrons. The van der Waals surface area contributed by atoms with E-state index in [1.54, 1.807) is 7.11 Å². The normalized spacial score (nSPS) is 9.27. The summed E-state index contributed by atoms with van der Waals surface area (Å²) in [4.78, 5) is 0. The van der Waals surface area contributed by atoms with Crippen LogP contribution in [0.2, 0.25) is 0 Å². The lowest BCUT2D eigenvalue weighted by molar-refractivity contribution is 0.397. The smallest absolute Gasteiger partial charge is 0.482 e. The third kappa shape index (κ3) is 1.89. The Bertz CT molecular complexity index is 248. The van der Waals surface area contributed by atoms with E-state index in [0.29, 0.717) is 0 Å². The highest BCUT2D eigenvalue weighted by molar-refractivity contribution is 6.00. The summed E-state index contributed by atoms with van der Waals surface area (Å²) in [5.74, 6) is 1.50. The molecule has 0 aliphatic rings. The highest BCUT2D eigenvalue weighted by Gasteiger charge is 1.99. The minimum Gasteiger partial charge on any atom is -0.651 e. The molecular weight excluding hydrogens is 155 g/mol. The van der Waals surface area contributed by atoms with Crippen molar-refractivity contribution in [1.82, 2.24) is 0 Å². The van der Waals surface area contributed by atoms with Gasteiger partial charge in [-0.25, -0.2) is 0 Å². The van der Waals surface area contributed by atoms with Crippen LogP contribution >= 0.6 is 0 Å². The molecule has 0 atom stereocenters. The molecule has 0 amide bonds. The van der Waals surface area contributed by atoms with Crippen LogP contribution in [0.4, 0.5) is 0 Å². The van der Waals surface area contributed by atoms with E-state index in [4.69, 9.17) is 8.53 Å². The van der Waals surface area contributed by atoms with Crippen LogP contribution in [0.15, 0.2) is 18.2 Å². The first-order valence-corrected chi connectivity index (χ1v) is 3.76. The highest BCUT2D eigenvalue weighted by atomic mass is 27.1. The number of hydrogen-bond acceptors (Lipinski definition) is 2. The molecule has 0 saturated carbocycles. The third-order valence-corrected chi connectivity index (χ3v) is 1.70. The molecule has 3 heteroatoms. The van der Waals surface area contributed by atoms with Crippen molar-refractivity contribution in [2.75, 3.05) is 7.11 Å². The van der Waals surface area contributed by atoms with Crippen LogP contribution in [0, 0.1) is 6.92 Å². The van der Waals surface area contributed by atoms with Crippen LogP contribution in [0.25, 0.3) is 0 Å². The van der Waals surface area contributed by atoms with Gasteiger partial charge in [-0.2, -0.15) is 0 Å². The zero-order valence-corrected chi connectivity index (χ0v) is 7.78. The first kappa shape index (κ1) is 8.45. The quantitative estimate of drug-likeness (QED) is 0.616. The fourth-order valence-electron chi connectivity index (χ4n) is 0.876. The van der Waals surface area contributed by atoms with E-state index < -0.39 is 0 Å². The first-order valence-electron chi connectivity index (χ1n) is 3.29. The summed E-state index contributed by atoms with van der Waals surface area (Å²) < 4.78 is 10.1. The predicted molar refractivity (Wildman–Crippen MR) is 44.1 cm³/mol. The molecule has 56 valence electrons. The van der Waals surface area contributed by atoms with Crippen molar-refractivity contribution < 1.29 is 8.53 Å². The van der Waals surface area contributed by atoms with Gasteiger partial charge in [-0.05, 0) is 24.6 Å². The molecule has 0 unspecified atom stereocenters. The van der Waals surface area contributed by atoms with Gasteiger partial charge >= 0.3 is 16.6 Å². The number of ether oxygens (including phenoxy) is 1. The number of methoxy groups -OCH3 is 1. The number of rotatable bonds is 2. The first-order chi connectivity index (χ1) is 5.27. The molecule has 0 aliphatic heterocycles. The minimum atomic E-state index is 0.748. The second kappa shape index (κ2) is 3.66. The zero-order chi connectivity index (χ0) is 8.27. The lowest BCUT2D eigenvalue weighted by atomic mass is 10.2. The van der Waals surface area contributed by atoms with E-state index in [1.807, 2.05) is 25.1 Å². The van der Waals surface area contributed by atoms with Crippen molar-refractivity contribution in [2.24, 2.45) is 0 Å². The van der Waals surface area contributed by atoms with Crippen LogP contribution in [-0.4, -0.2) is 23.7 Å². The topological polar surface area (TPSA) is 18.5 Å². The van der Waals surface area contributed by atoms with Gasteiger partial charge in [0.1, 0.15) is 5.75 Å². The molecule has 0 N–H and O–H groups in total. The van der Waals surface area contributed by atoms with Gasteiger partial charge < -0.3 is 8.53 Å². The fraction of sp³-hybridized carbons (Fsp3) is 0.250. The molecular formula is C8H9AlO2. The van der Waals surface area contributed by atoms with E-state index in [2.05, 4.69) is 16.6 Å². The highest BCUT2D eigenvalue weighted by Crippen LogP contribution is 2.26. The van der Waals surface area contributed by atoms with Gasteiger partial charge in [0.15, 0.2) is 5.75 Å². The average Bonchev–Trinajstić information content (AvgIpc) is 2.04. The largest absolute Gasteiger partial charge is 0.651 e. The lowest BCUT2D eigenvalue weighted by Crippen LogP contribution is -1.91. The molecule has 0 heterocycles. The van der Waals surface area contributed by atoms with Crippen LogP contribution in [0.3, 0.4) is 0 Å². The number of aryl methyl sites for hydroxylation is 1. The second-order valence-electron chi connectivity index (χ2n) is 2.27. The summed E-state index contributed by atoms with van der Waals surface area (Å²) in [6, 6.07) is 5.78. The van der Waals surface area contributed by atoms with Gasteiger partial charge in [0, 0.05) is 0 Å². The maximum absolute atomic E-state index is 5.05. The van der Waals surface area contributed by atoms with E-state index in [0.717, 1.165) is 17.1 Å². The van der Waals surface area contributed by atoms with Crippen LogP contribution < -0.4 is 8.53 Å². The number of hydrogen-bond donors (Lipinski definition) is 0. The van der Waals surface area contributed by atoms with Gasteiger partial charge in [-0.1, -0.05) is 6.07 Å². The average molecular weight is 164 g/mol. The standard InChI is InChI=1S/C8H10O2.Al/c1-6-3-4-8(10-2)7(9)5-6;/h3-5,9H,1-2H3;/q;+1/p-1. The Labute approximate surface area is 74.9 Å². The summed E-state index contributed by atoms with van der Waals surface area (Å²) in [5, 5.41) is 0. The summed E-state index contributed by atoms with van der Waals surface area (Å²) in [6.45, 7) is 2.01. The van der Waals surface area contributed by atoms with E-state index in [9.17, 15) is 0 Å². The van der Waals surface area contributed by atoms with Crippen LogP contribution in [0.5, 0.6) is 11.5 Å². The molecule has 1 rings (SSSR count). The minimum absolute atomic E-state index is 0.748. The van der Waals surface area contributed by atoms with Gasteiger partial charge in [-0.3, -0.25) is 0 Å². The summed E-state index contributed by atoms with van der Waals surface area (Å²) in [7, 11) is 1.62. The van der Waals surface area contributed by atoms with Crippen LogP contribution in [0.1, 0.15) is 5.56 Å². The molecule has 2 nitrogen and oxygen atoms in total. The molecule has 0 aliphatic carbocycles. The molecule has 1 aromatic rings. The SMILES string of the molecule is COc1ccc(C)cc1[O][Al]. The van der Waals surface area contributed by atoms with Crippen LogP contribution in [-0.2, 0) is 0 Å². The van der Waals surface area contributed by atoms with Gasteiger partial charge in [0.2, 0.25) is 0 Å². The molecule has 1 aromatic carbocycles. The molecule has 0 spiro atoms. The van der Waals surface area contributed by atoms with Crippen molar-refractivity contribution in [2.45, 2.75) is 6.92 Å². The predicted octanol–water partition coefficient (Wildman–Crippen LogP) is 1.47. The second-order valence-corrected chi connectivity index (χ2v) is 2.51. The zero-order valence-electron chi connectivity index (χ0n) is 6.63. The van der Waals surface area contributed by atoms with Crippen molar-refractivity contribution in [3.8, 4) is 11.5 Å². The monoisotopic (exact) mass is 164 g/mol. The molecule has 0 fully saturated rings. The van der Waals surface area contributed by atoms with Gasteiger partial charge in [0.05, 0.1) is 7.11 Å². The maximum atomic E-state index is 5.05. The summed E-state index contributed by atoms with van der Waals surface area (Å²) in [5.41, 5.74) is 1.16. The maximum Gasteiger partial charge on any atom is 0.482 e. The van der Waals surface area contributed by atoms with Crippen molar-refractivity contribution in [1.29, 1.82) is 0 Å².